The zero-order chi connectivity index (χ0) is 17.9. The van der Waals surface area contributed by atoms with E-state index in [2.05, 4.69) is 31.2 Å². The predicted molar refractivity (Wildman–Crippen MR) is 110 cm³/mol. The maximum atomic E-state index is 5.78. The average molecular weight is 475 g/mol. The van der Waals surface area contributed by atoms with Gasteiger partial charge >= 0.3 is 31.9 Å². The van der Waals surface area contributed by atoms with E-state index in [-0.39, 0.29) is 7.92 Å². The van der Waals surface area contributed by atoms with Gasteiger partial charge in [0.1, 0.15) is 5.75 Å². The van der Waals surface area contributed by atoms with E-state index in [4.69, 9.17) is 14.3 Å². The van der Waals surface area contributed by atoms with Gasteiger partial charge in [0.2, 0.25) is 0 Å². The van der Waals surface area contributed by atoms with Crippen LogP contribution < -0.4 is 10.0 Å². The van der Waals surface area contributed by atoms with E-state index < -0.39 is 0 Å². The first-order valence-corrected chi connectivity index (χ1v) is 14.9. The van der Waals surface area contributed by atoms with E-state index in [0.717, 1.165) is 23.7 Å². The Labute approximate surface area is 168 Å². The Morgan fingerprint density at radius 1 is 1.00 bits per heavy atom. The number of benzene rings is 1. The molecular formula is C21H34ClOPPd. The standard InChI is InChI=1S/C20H31OP.CH3.ClH.Pd/c1-2-21-17-10-9-15-20(16-17)22(18-11-5-3-6-12-18)19-13-7-4-8-14-19;;;/h9-10,15-16,18-19H,2-8,11-14H2,1H3;1H3;1H;/q;;;+1/p-1. The predicted octanol–water partition coefficient (Wildman–Crippen LogP) is 7.13. The molecule has 0 atom stereocenters. The topological polar surface area (TPSA) is 9.23 Å². The molecule has 2 aliphatic rings. The van der Waals surface area contributed by atoms with Crippen molar-refractivity contribution < 1.29 is 21.7 Å². The summed E-state index contributed by atoms with van der Waals surface area (Å²) in [6.45, 7) is 2.85. The first-order valence-electron chi connectivity index (χ1n) is 9.83. The van der Waals surface area contributed by atoms with Crippen molar-refractivity contribution in [2.75, 3.05) is 6.61 Å². The van der Waals surface area contributed by atoms with Crippen LogP contribution in [0.15, 0.2) is 24.3 Å². The van der Waals surface area contributed by atoms with E-state index in [9.17, 15) is 0 Å². The molecule has 2 fully saturated rings. The molecule has 25 heavy (non-hydrogen) atoms. The second-order valence-electron chi connectivity index (χ2n) is 7.04. The molecule has 0 heterocycles. The minimum absolute atomic E-state index is 0.000970. The van der Waals surface area contributed by atoms with E-state index in [1.807, 2.05) is 5.40 Å². The van der Waals surface area contributed by atoms with Crippen LogP contribution in [0.2, 0.25) is 5.40 Å². The Morgan fingerprint density at radius 2 is 1.52 bits per heavy atom. The molecule has 0 bridgehead atoms. The fourth-order valence-corrected chi connectivity index (χ4v) is 8.16. The Balaban J connectivity index is 0.000000701. The van der Waals surface area contributed by atoms with Gasteiger partial charge in [-0.2, -0.15) is 0 Å². The van der Waals surface area contributed by atoms with Crippen molar-refractivity contribution in [1.82, 2.24) is 0 Å². The second kappa shape index (κ2) is 12.7. The molecule has 4 heteroatoms. The molecule has 0 aliphatic heterocycles. The summed E-state index contributed by atoms with van der Waals surface area (Å²) in [4.78, 5) is 0. The van der Waals surface area contributed by atoms with Crippen molar-refractivity contribution >= 4 is 22.8 Å². The Bertz CT molecular complexity index is 455. The van der Waals surface area contributed by atoms with Gasteiger partial charge in [-0.15, -0.1) is 0 Å². The summed E-state index contributed by atoms with van der Waals surface area (Å²) in [6, 6.07) is 9.12. The van der Waals surface area contributed by atoms with Crippen LogP contribution in [0.5, 0.6) is 5.75 Å². The average Bonchev–Trinajstić information content (AvgIpc) is 2.65. The van der Waals surface area contributed by atoms with Crippen molar-refractivity contribution in [3.8, 4) is 5.75 Å². The van der Waals surface area contributed by atoms with Gasteiger partial charge in [-0.1, -0.05) is 58.6 Å². The first kappa shape index (κ1) is 21.7. The quantitative estimate of drug-likeness (QED) is 0.325. The number of hydrogen-bond donors (Lipinski definition) is 0. The third-order valence-electron chi connectivity index (χ3n) is 5.36. The summed E-state index contributed by atoms with van der Waals surface area (Å²) < 4.78 is 5.78. The summed E-state index contributed by atoms with van der Waals surface area (Å²) in [6.07, 6.45) is 14.7. The van der Waals surface area contributed by atoms with Crippen LogP contribution in [-0.4, -0.2) is 17.9 Å². The van der Waals surface area contributed by atoms with E-state index in [0.29, 0.717) is 17.0 Å². The molecule has 0 spiro atoms. The van der Waals surface area contributed by atoms with Crippen LogP contribution in [-0.2, 0) is 17.0 Å². The van der Waals surface area contributed by atoms with Crippen LogP contribution in [0, 0.1) is 0 Å². The molecule has 3 rings (SSSR count). The molecule has 0 N–H and O–H groups in total. The van der Waals surface area contributed by atoms with Crippen LogP contribution in [0.1, 0.15) is 71.1 Å². The van der Waals surface area contributed by atoms with Crippen molar-refractivity contribution in [3.05, 3.63) is 24.3 Å². The van der Waals surface area contributed by atoms with Gasteiger partial charge in [-0.3, -0.25) is 0 Å². The fraction of sp³-hybridized carbons (Fsp3) is 0.714. The summed E-state index contributed by atoms with van der Waals surface area (Å²) in [5.41, 5.74) is 1.95. The van der Waals surface area contributed by atoms with Crippen molar-refractivity contribution in [2.45, 2.75) is 87.8 Å². The Kier molecular flexibility index (Phi) is 11.0. The third kappa shape index (κ3) is 7.14. The maximum absolute atomic E-state index is 5.78. The Morgan fingerprint density at radius 3 is 2.00 bits per heavy atom. The number of halogens is 1. The van der Waals surface area contributed by atoms with Crippen molar-refractivity contribution in [3.63, 3.8) is 0 Å². The SMILES string of the molecule is CCOc1cccc(P(C2CCCCC2)C2CCCCC2)c1.[CH3][Pd][Cl]. The normalized spacial score (nSPS) is 19.5. The summed E-state index contributed by atoms with van der Waals surface area (Å²) in [7, 11) is 5.05. The molecule has 2 saturated carbocycles. The van der Waals surface area contributed by atoms with E-state index in [1.165, 1.54) is 64.2 Å². The third-order valence-corrected chi connectivity index (χ3v) is 8.84. The van der Waals surface area contributed by atoms with Gasteiger partial charge in [-0.05, 0) is 61.4 Å². The summed E-state index contributed by atoms with van der Waals surface area (Å²) in [5.74, 6) is 1.08. The zero-order valence-corrected chi connectivity index (χ0v) is 19.0. The molecular weight excluding hydrogens is 441 g/mol. The Hall–Kier alpha value is 0.402. The van der Waals surface area contributed by atoms with Crippen molar-refractivity contribution in [1.29, 1.82) is 0 Å². The monoisotopic (exact) mass is 474 g/mol. The molecule has 0 radical (unpaired) electrons. The number of hydrogen-bond acceptors (Lipinski definition) is 1. The molecule has 1 aromatic rings. The molecule has 0 saturated heterocycles. The van der Waals surface area contributed by atoms with Gasteiger partial charge in [0, 0.05) is 0 Å². The number of rotatable bonds is 5. The molecule has 146 valence electrons. The fourth-order valence-electron chi connectivity index (χ4n) is 4.34. The van der Waals surface area contributed by atoms with Gasteiger partial charge in [0.15, 0.2) is 0 Å². The van der Waals surface area contributed by atoms with E-state index in [1.54, 1.807) is 5.30 Å². The molecule has 1 nitrogen and oxygen atoms in total. The van der Waals surface area contributed by atoms with Gasteiger partial charge < -0.3 is 4.74 Å². The van der Waals surface area contributed by atoms with Crippen molar-refractivity contribution in [2.24, 2.45) is 0 Å². The van der Waals surface area contributed by atoms with Crippen LogP contribution in [0.4, 0.5) is 0 Å². The van der Waals surface area contributed by atoms with Crippen LogP contribution in [0.3, 0.4) is 0 Å². The summed E-state index contributed by atoms with van der Waals surface area (Å²) in [5, 5.41) is 3.57. The van der Waals surface area contributed by atoms with Gasteiger partial charge in [0.05, 0.1) is 6.61 Å². The molecule has 0 aromatic heterocycles. The van der Waals surface area contributed by atoms with Gasteiger partial charge in [-0.25, -0.2) is 0 Å². The van der Waals surface area contributed by atoms with E-state index >= 15 is 0 Å². The van der Waals surface area contributed by atoms with Crippen LogP contribution >= 0.6 is 17.5 Å². The van der Waals surface area contributed by atoms with Gasteiger partial charge in [0.25, 0.3) is 0 Å². The van der Waals surface area contributed by atoms with Crippen LogP contribution in [0.25, 0.3) is 0 Å². The molecule has 1 aromatic carbocycles. The molecule has 2 aliphatic carbocycles. The molecule has 0 amide bonds. The zero-order valence-electron chi connectivity index (χ0n) is 15.8. The minimum atomic E-state index is 0.000970. The number of ether oxygens (including phenoxy) is 1. The second-order valence-corrected chi connectivity index (χ2v) is 11.8. The molecule has 0 unspecified atom stereocenters. The first-order chi connectivity index (χ1) is 12.3. The summed E-state index contributed by atoms with van der Waals surface area (Å²) >= 11 is 0.422.